The van der Waals surface area contributed by atoms with E-state index in [1.807, 2.05) is 24.3 Å². The molecule has 0 fully saturated rings. The maximum Gasteiger partial charge on any atom is 0.137 e. The van der Waals surface area contributed by atoms with E-state index in [9.17, 15) is 4.79 Å². The summed E-state index contributed by atoms with van der Waals surface area (Å²) in [4.78, 5) is 12.0. The van der Waals surface area contributed by atoms with E-state index in [2.05, 4.69) is 22.9 Å². The van der Waals surface area contributed by atoms with Crippen LogP contribution in [0.3, 0.4) is 0 Å². The van der Waals surface area contributed by atoms with E-state index in [4.69, 9.17) is 5.73 Å². The molecule has 0 saturated heterocycles. The van der Waals surface area contributed by atoms with E-state index < -0.39 is 0 Å². The summed E-state index contributed by atoms with van der Waals surface area (Å²) in [5.74, 6) is 0.934. The molecule has 2 N–H and O–H groups in total. The highest BCUT2D eigenvalue weighted by Gasteiger charge is 2.11. The number of nitrogens with two attached hydrogens (primary N) is 1. The van der Waals surface area contributed by atoms with Crippen molar-refractivity contribution in [3.8, 4) is 0 Å². The summed E-state index contributed by atoms with van der Waals surface area (Å²) < 4.78 is 1.02. The quantitative estimate of drug-likeness (QED) is 0.742. The van der Waals surface area contributed by atoms with Crippen LogP contribution in [0, 0.1) is 5.92 Å². The lowest BCUT2D eigenvalue weighted by atomic mass is 9.92. The van der Waals surface area contributed by atoms with E-state index in [0.717, 1.165) is 29.4 Å². The van der Waals surface area contributed by atoms with Gasteiger partial charge in [-0.15, -0.1) is 0 Å². The number of benzene rings is 1. The minimum absolute atomic E-state index is 0.324. The first kappa shape index (κ1) is 16.4. The van der Waals surface area contributed by atoms with Crippen molar-refractivity contribution in [2.45, 2.75) is 45.4 Å². The van der Waals surface area contributed by atoms with Crippen LogP contribution in [0.4, 0.5) is 0 Å². The van der Waals surface area contributed by atoms with Gasteiger partial charge >= 0.3 is 0 Å². The molecule has 0 bridgehead atoms. The number of hydrogen-bond donors (Lipinski definition) is 1. The van der Waals surface area contributed by atoms with Crippen LogP contribution < -0.4 is 5.73 Å². The standard InChI is InChI=1S/C16H24BrNO/c1-2-5-13(10-11-18)8-9-15(19)12-14-6-3-4-7-16(14)17/h3-4,6-7,13H,2,5,8-12,18H2,1H3. The number of ketones is 1. The lowest BCUT2D eigenvalue weighted by Gasteiger charge is -2.14. The average molecular weight is 326 g/mol. The molecule has 0 radical (unpaired) electrons. The Hall–Kier alpha value is -0.670. The molecule has 0 spiro atoms. The first-order valence-corrected chi connectivity index (χ1v) is 7.91. The SMILES string of the molecule is CCCC(CCN)CCC(=O)Cc1ccccc1Br. The van der Waals surface area contributed by atoms with Gasteiger partial charge in [-0.05, 0) is 36.9 Å². The molecule has 1 unspecified atom stereocenters. The smallest absolute Gasteiger partial charge is 0.137 e. The van der Waals surface area contributed by atoms with Crippen molar-refractivity contribution >= 4 is 21.7 Å². The Morgan fingerprint density at radius 2 is 2.00 bits per heavy atom. The first-order valence-electron chi connectivity index (χ1n) is 7.12. The molecule has 1 aromatic carbocycles. The molecule has 1 rings (SSSR count). The largest absolute Gasteiger partial charge is 0.330 e. The molecule has 1 atom stereocenters. The lowest BCUT2D eigenvalue weighted by Crippen LogP contribution is -2.12. The fraction of sp³-hybridized carbons (Fsp3) is 0.562. The molecule has 0 aliphatic heterocycles. The van der Waals surface area contributed by atoms with Gasteiger partial charge in [-0.3, -0.25) is 4.79 Å². The minimum Gasteiger partial charge on any atom is -0.330 e. The van der Waals surface area contributed by atoms with Crippen LogP contribution in [0.1, 0.15) is 44.6 Å². The summed E-state index contributed by atoms with van der Waals surface area (Å²) >= 11 is 3.49. The van der Waals surface area contributed by atoms with Gasteiger partial charge in [0, 0.05) is 17.3 Å². The zero-order chi connectivity index (χ0) is 14.1. The molecule has 0 aliphatic carbocycles. The van der Waals surface area contributed by atoms with E-state index in [0.29, 0.717) is 24.5 Å². The molecule has 2 nitrogen and oxygen atoms in total. The molecule has 0 aromatic heterocycles. The topological polar surface area (TPSA) is 43.1 Å². The molecule has 3 heteroatoms. The Kier molecular flexibility index (Phi) is 7.99. The van der Waals surface area contributed by atoms with Crippen molar-refractivity contribution in [3.63, 3.8) is 0 Å². The predicted octanol–water partition coefficient (Wildman–Crippen LogP) is 4.11. The normalized spacial score (nSPS) is 12.4. The highest BCUT2D eigenvalue weighted by Crippen LogP contribution is 2.20. The molecule has 106 valence electrons. The molecule has 19 heavy (non-hydrogen) atoms. The summed E-state index contributed by atoms with van der Waals surface area (Å²) in [6.07, 6.45) is 5.57. The fourth-order valence-electron chi connectivity index (χ4n) is 2.38. The van der Waals surface area contributed by atoms with Crippen LogP contribution >= 0.6 is 15.9 Å². The van der Waals surface area contributed by atoms with Crippen LogP contribution in [0.15, 0.2) is 28.7 Å². The molecular weight excluding hydrogens is 302 g/mol. The highest BCUT2D eigenvalue weighted by molar-refractivity contribution is 9.10. The minimum atomic E-state index is 0.324. The van der Waals surface area contributed by atoms with E-state index in [1.165, 1.54) is 12.8 Å². The van der Waals surface area contributed by atoms with Gasteiger partial charge in [0.2, 0.25) is 0 Å². The summed E-state index contributed by atoms with van der Waals surface area (Å²) in [7, 11) is 0. The Morgan fingerprint density at radius 1 is 1.26 bits per heavy atom. The molecule has 0 aliphatic rings. The maximum atomic E-state index is 12.0. The predicted molar refractivity (Wildman–Crippen MR) is 84.2 cm³/mol. The molecule has 0 heterocycles. The third-order valence-corrected chi connectivity index (χ3v) is 4.22. The van der Waals surface area contributed by atoms with Crippen LogP contribution in [0.5, 0.6) is 0 Å². The third-order valence-electron chi connectivity index (χ3n) is 3.45. The average Bonchev–Trinajstić information content (AvgIpc) is 2.39. The van der Waals surface area contributed by atoms with E-state index in [1.54, 1.807) is 0 Å². The van der Waals surface area contributed by atoms with Gasteiger partial charge < -0.3 is 5.73 Å². The van der Waals surface area contributed by atoms with Crippen molar-refractivity contribution in [1.29, 1.82) is 0 Å². The number of Topliss-reactive ketones (excluding diaryl/α,β-unsaturated/α-hetero) is 1. The van der Waals surface area contributed by atoms with Crippen LogP contribution in [-0.4, -0.2) is 12.3 Å². The zero-order valence-corrected chi connectivity index (χ0v) is 13.3. The van der Waals surface area contributed by atoms with Gasteiger partial charge in [0.05, 0.1) is 0 Å². The first-order chi connectivity index (χ1) is 9.17. The van der Waals surface area contributed by atoms with Gasteiger partial charge in [-0.25, -0.2) is 0 Å². The second-order valence-electron chi connectivity index (χ2n) is 5.08. The van der Waals surface area contributed by atoms with E-state index in [-0.39, 0.29) is 0 Å². The molecule has 0 saturated carbocycles. The van der Waals surface area contributed by atoms with Gasteiger partial charge in [-0.1, -0.05) is 53.9 Å². The van der Waals surface area contributed by atoms with Crippen molar-refractivity contribution < 1.29 is 4.79 Å². The number of hydrogen-bond acceptors (Lipinski definition) is 2. The monoisotopic (exact) mass is 325 g/mol. The van der Waals surface area contributed by atoms with Crippen molar-refractivity contribution in [2.24, 2.45) is 11.7 Å². The number of halogens is 1. The fourth-order valence-corrected chi connectivity index (χ4v) is 2.81. The van der Waals surface area contributed by atoms with Crippen LogP contribution in [-0.2, 0) is 11.2 Å². The maximum absolute atomic E-state index is 12.0. The van der Waals surface area contributed by atoms with E-state index >= 15 is 0 Å². The number of carbonyl (C=O) groups is 1. The van der Waals surface area contributed by atoms with Gasteiger partial charge in [0.15, 0.2) is 0 Å². The second-order valence-corrected chi connectivity index (χ2v) is 5.93. The van der Waals surface area contributed by atoms with Crippen LogP contribution in [0.25, 0.3) is 0 Å². The summed E-state index contributed by atoms with van der Waals surface area (Å²) in [5.41, 5.74) is 6.70. The Bertz CT molecular complexity index is 386. The number of carbonyl (C=O) groups excluding carboxylic acids is 1. The van der Waals surface area contributed by atoms with Gasteiger partial charge in [-0.2, -0.15) is 0 Å². The molecular formula is C16H24BrNO. The highest BCUT2D eigenvalue weighted by atomic mass is 79.9. The Morgan fingerprint density at radius 3 is 2.63 bits per heavy atom. The van der Waals surface area contributed by atoms with Gasteiger partial charge in [0.25, 0.3) is 0 Å². The summed E-state index contributed by atoms with van der Waals surface area (Å²) in [6, 6.07) is 7.93. The summed E-state index contributed by atoms with van der Waals surface area (Å²) in [5, 5.41) is 0. The molecule has 0 amide bonds. The lowest BCUT2D eigenvalue weighted by molar-refractivity contribution is -0.118. The Balaban J connectivity index is 2.40. The van der Waals surface area contributed by atoms with Crippen LogP contribution in [0.2, 0.25) is 0 Å². The van der Waals surface area contributed by atoms with Crippen molar-refractivity contribution in [1.82, 2.24) is 0 Å². The zero-order valence-electron chi connectivity index (χ0n) is 11.7. The molecule has 1 aromatic rings. The number of rotatable bonds is 9. The Labute approximate surface area is 124 Å². The van der Waals surface area contributed by atoms with Crippen molar-refractivity contribution in [2.75, 3.05) is 6.54 Å². The third kappa shape index (κ3) is 6.35. The summed E-state index contributed by atoms with van der Waals surface area (Å²) in [6.45, 7) is 2.91. The van der Waals surface area contributed by atoms with Crippen molar-refractivity contribution in [3.05, 3.63) is 34.3 Å². The van der Waals surface area contributed by atoms with Gasteiger partial charge in [0.1, 0.15) is 5.78 Å². The second kappa shape index (κ2) is 9.27.